The van der Waals surface area contributed by atoms with Crippen molar-refractivity contribution in [2.24, 2.45) is 0 Å². The lowest BCUT2D eigenvalue weighted by atomic mass is 10.1. The van der Waals surface area contributed by atoms with Gasteiger partial charge in [0.15, 0.2) is 11.2 Å². The number of aryl methyl sites for hydroxylation is 2. The van der Waals surface area contributed by atoms with Gasteiger partial charge in [0, 0.05) is 23.3 Å². The molecule has 0 aliphatic rings. The van der Waals surface area contributed by atoms with Crippen LogP contribution in [0.5, 0.6) is 5.75 Å². The fourth-order valence-corrected chi connectivity index (χ4v) is 3.82. The first-order valence-corrected chi connectivity index (χ1v) is 10.1. The summed E-state index contributed by atoms with van der Waals surface area (Å²) in [6.07, 6.45) is 4.15. The zero-order valence-electron chi connectivity index (χ0n) is 16.7. The highest BCUT2D eigenvalue weighted by molar-refractivity contribution is 6.30. The van der Waals surface area contributed by atoms with Gasteiger partial charge in [-0.15, -0.1) is 10.2 Å². The maximum atomic E-state index is 13.0. The number of pyridine rings is 1. The summed E-state index contributed by atoms with van der Waals surface area (Å²) in [5.74, 6) is 0.809. The predicted molar refractivity (Wildman–Crippen MR) is 120 cm³/mol. The van der Waals surface area contributed by atoms with Crippen molar-refractivity contribution in [1.82, 2.24) is 24.4 Å². The lowest BCUT2D eigenvalue weighted by Crippen LogP contribution is -2.22. The summed E-state index contributed by atoms with van der Waals surface area (Å²) in [7, 11) is 1.64. The molecule has 2 aromatic carbocycles. The molecule has 0 atom stereocenters. The summed E-state index contributed by atoms with van der Waals surface area (Å²) >= 11 is 5.99. The topological polar surface area (TPSA) is 74.3 Å². The summed E-state index contributed by atoms with van der Waals surface area (Å²) < 4.78 is 8.69. The first-order valence-electron chi connectivity index (χ1n) is 9.77. The van der Waals surface area contributed by atoms with Crippen LogP contribution in [0.4, 0.5) is 0 Å². The second kappa shape index (κ2) is 7.85. The van der Waals surface area contributed by atoms with E-state index in [9.17, 15) is 4.79 Å². The summed E-state index contributed by atoms with van der Waals surface area (Å²) in [5, 5.41) is 13.6. The molecule has 5 aromatic rings. The first-order chi connectivity index (χ1) is 15.2. The number of hydrogen-bond acceptors (Lipinski definition) is 5. The molecule has 0 unspecified atom stereocenters. The van der Waals surface area contributed by atoms with Gasteiger partial charge in [-0.3, -0.25) is 4.79 Å². The van der Waals surface area contributed by atoms with Gasteiger partial charge >= 0.3 is 0 Å². The average Bonchev–Trinajstić information content (AvgIpc) is 3.24. The Morgan fingerprint density at radius 3 is 2.65 bits per heavy atom. The fourth-order valence-electron chi connectivity index (χ4n) is 3.69. The lowest BCUT2D eigenvalue weighted by molar-refractivity contribution is 0.408. The molecule has 0 amide bonds. The SMILES string of the molecule is COc1ccccc1CCn1ccc2c(nnc3c(-c4ccc(Cl)cc4)cnn32)c1=O. The molecule has 5 rings (SSSR count). The smallest absolute Gasteiger partial charge is 0.280 e. The van der Waals surface area contributed by atoms with E-state index < -0.39 is 0 Å². The van der Waals surface area contributed by atoms with Crippen LogP contribution < -0.4 is 10.3 Å². The van der Waals surface area contributed by atoms with E-state index in [1.54, 1.807) is 28.6 Å². The summed E-state index contributed by atoms with van der Waals surface area (Å²) in [5.41, 5.74) is 4.07. The molecule has 3 aromatic heterocycles. The van der Waals surface area contributed by atoms with Crippen LogP contribution in [0.2, 0.25) is 5.02 Å². The third-order valence-corrected chi connectivity index (χ3v) is 5.56. The van der Waals surface area contributed by atoms with Crippen LogP contribution in [0.25, 0.3) is 27.8 Å². The number of hydrogen-bond donors (Lipinski definition) is 0. The van der Waals surface area contributed by atoms with Crippen molar-refractivity contribution >= 4 is 28.3 Å². The van der Waals surface area contributed by atoms with E-state index in [0.717, 1.165) is 22.4 Å². The minimum Gasteiger partial charge on any atom is -0.496 e. The molecule has 0 aliphatic carbocycles. The van der Waals surface area contributed by atoms with E-state index in [2.05, 4.69) is 15.3 Å². The number of ether oxygens (including phenoxy) is 1. The maximum absolute atomic E-state index is 13.0. The number of fused-ring (bicyclic) bond motifs is 3. The second-order valence-corrected chi connectivity index (χ2v) is 7.55. The Hall–Kier alpha value is -3.71. The van der Waals surface area contributed by atoms with E-state index in [1.165, 1.54) is 0 Å². The van der Waals surface area contributed by atoms with E-state index >= 15 is 0 Å². The molecule has 0 aliphatic heterocycles. The van der Waals surface area contributed by atoms with Crippen molar-refractivity contribution in [3.8, 4) is 16.9 Å². The average molecular weight is 432 g/mol. The zero-order chi connectivity index (χ0) is 21.4. The van der Waals surface area contributed by atoms with Crippen LogP contribution in [-0.2, 0) is 13.0 Å². The first kappa shape index (κ1) is 19.3. The molecular formula is C23H18ClN5O2. The molecule has 0 spiro atoms. The van der Waals surface area contributed by atoms with Crippen molar-refractivity contribution in [2.45, 2.75) is 13.0 Å². The van der Waals surface area contributed by atoms with Crippen LogP contribution in [0, 0.1) is 0 Å². The van der Waals surface area contributed by atoms with E-state index in [-0.39, 0.29) is 11.1 Å². The van der Waals surface area contributed by atoms with Crippen molar-refractivity contribution < 1.29 is 4.74 Å². The van der Waals surface area contributed by atoms with Crippen LogP contribution >= 0.6 is 11.6 Å². The molecule has 31 heavy (non-hydrogen) atoms. The van der Waals surface area contributed by atoms with Crippen molar-refractivity contribution in [2.75, 3.05) is 7.11 Å². The fraction of sp³-hybridized carbons (Fsp3) is 0.130. The largest absolute Gasteiger partial charge is 0.496 e. The standard InChI is InChI=1S/C23H18ClN5O2/c1-31-20-5-3-2-4-16(20)10-12-28-13-11-19-21(23(28)30)26-27-22-18(14-25-29(19)22)15-6-8-17(24)9-7-15/h2-9,11,13-14H,10,12H2,1H3. The van der Waals surface area contributed by atoms with E-state index in [4.69, 9.17) is 16.3 Å². The number of halogens is 1. The number of methoxy groups -OCH3 is 1. The van der Waals surface area contributed by atoms with Crippen LogP contribution in [0.15, 0.2) is 71.8 Å². The molecule has 0 saturated heterocycles. The quantitative estimate of drug-likeness (QED) is 0.420. The normalized spacial score (nSPS) is 11.3. The Bertz CT molecular complexity index is 1460. The van der Waals surface area contributed by atoms with Crippen LogP contribution in [-0.4, -0.2) is 31.5 Å². The van der Waals surface area contributed by atoms with Gasteiger partial charge in [0.05, 0.1) is 13.3 Å². The summed E-state index contributed by atoms with van der Waals surface area (Å²) in [6.45, 7) is 0.504. The van der Waals surface area contributed by atoms with Crippen LogP contribution in [0.1, 0.15) is 5.56 Å². The van der Waals surface area contributed by atoms with Crippen molar-refractivity contribution in [3.63, 3.8) is 0 Å². The summed E-state index contributed by atoms with van der Waals surface area (Å²) in [4.78, 5) is 13.0. The Balaban J connectivity index is 1.52. The number of nitrogens with zero attached hydrogens (tertiary/aromatic N) is 5. The molecule has 7 nitrogen and oxygen atoms in total. The van der Waals surface area contributed by atoms with Crippen molar-refractivity contribution in [3.05, 3.63) is 87.9 Å². The minimum absolute atomic E-state index is 0.203. The Kier molecular flexibility index (Phi) is 4.88. The molecule has 0 bridgehead atoms. The highest BCUT2D eigenvalue weighted by atomic mass is 35.5. The lowest BCUT2D eigenvalue weighted by Gasteiger charge is -2.10. The van der Waals surface area contributed by atoms with Crippen LogP contribution in [0.3, 0.4) is 0 Å². The van der Waals surface area contributed by atoms with Crippen molar-refractivity contribution in [1.29, 1.82) is 0 Å². The Labute approximate surface area is 182 Å². The predicted octanol–water partition coefficient (Wildman–Crippen LogP) is 4.01. The molecule has 0 N–H and O–H groups in total. The number of benzene rings is 2. The third kappa shape index (κ3) is 3.43. The number of rotatable bonds is 5. The molecule has 0 radical (unpaired) electrons. The van der Waals surface area contributed by atoms with Gasteiger partial charge in [-0.05, 0) is 41.8 Å². The monoisotopic (exact) mass is 431 g/mol. The summed E-state index contributed by atoms with van der Waals surface area (Å²) in [6, 6.07) is 17.1. The maximum Gasteiger partial charge on any atom is 0.280 e. The molecule has 154 valence electrons. The van der Waals surface area contributed by atoms with Gasteiger partial charge in [-0.1, -0.05) is 41.9 Å². The second-order valence-electron chi connectivity index (χ2n) is 7.11. The minimum atomic E-state index is -0.203. The molecular weight excluding hydrogens is 414 g/mol. The third-order valence-electron chi connectivity index (χ3n) is 5.30. The van der Waals surface area contributed by atoms with E-state index in [0.29, 0.717) is 29.2 Å². The van der Waals surface area contributed by atoms with Gasteiger partial charge < -0.3 is 9.30 Å². The van der Waals surface area contributed by atoms with Gasteiger partial charge in [-0.25, -0.2) is 4.52 Å². The van der Waals surface area contributed by atoms with Gasteiger partial charge in [0.25, 0.3) is 5.56 Å². The Morgan fingerprint density at radius 2 is 1.84 bits per heavy atom. The number of aromatic nitrogens is 5. The molecule has 0 fully saturated rings. The highest BCUT2D eigenvalue weighted by Crippen LogP contribution is 2.25. The highest BCUT2D eigenvalue weighted by Gasteiger charge is 2.14. The van der Waals surface area contributed by atoms with Gasteiger partial charge in [0.2, 0.25) is 0 Å². The number of para-hydroxylation sites is 1. The Morgan fingerprint density at radius 1 is 1.03 bits per heavy atom. The van der Waals surface area contributed by atoms with Gasteiger partial charge in [-0.2, -0.15) is 5.10 Å². The van der Waals surface area contributed by atoms with Gasteiger partial charge in [0.1, 0.15) is 11.3 Å². The molecule has 0 saturated carbocycles. The molecule has 8 heteroatoms. The van der Waals surface area contributed by atoms with E-state index in [1.807, 2.05) is 54.6 Å². The molecule has 3 heterocycles. The zero-order valence-corrected chi connectivity index (χ0v) is 17.5.